The van der Waals surface area contributed by atoms with Crippen LogP contribution in [0.4, 0.5) is 0 Å². The quantitative estimate of drug-likeness (QED) is 0.777. The van der Waals surface area contributed by atoms with Gasteiger partial charge >= 0.3 is 0 Å². The van der Waals surface area contributed by atoms with Gasteiger partial charge in [-0.2, -0.15) is 0 Å². The molecule has 0 bridgehead atoms. The maximum atomic E-state index is 12.2. The molecule has 0 spiro atoms. The van der Waals surface area contributed by atoms with Crippen molar-refractivity contribution in [2.24, 2.45) is 0 Å². The molecule has 0 saturated heterocycles. The summed E-state index contributed by atoms with van der Waals surface area (Å²) in [5, 5.41) is 2.93. The van der Waals surface area contributed by atoms with E-state index in [1.165, 1.54) is 7.11 Å². The van der Waals surface area contributed by atoms with E-state index in [9.17, 15) is 9.59 Å². The van der Waals surface area contributed by atoms with Gasteiger partial charge in [0, 0.05) is 12.6 Å². The van der Waals surface area contributed by atoms with E-state index in [1.807, 2.05) is 6.92 Å². The fourth-order valence-electron chi connectivity index (χ4n) is 1.70. The summed E-state index contributed by atoms with van der Waals surface area (Å²) in [6, 6.07) is 4.90. The molecule has 20 heavy (non-hydrogen) atoms. The van der Waals surface area contributed by atoms with Gasteiger partial charge in [0.05, 0.1) is 25.2 Å². The van der Waals surface area contributed by atoms with E-state index in [0.717, 1.165) is 0 Å². The molecule has 0 aliphatic heterocycles. The number of halogens is 1. The van der Waals surface area contributed by atoms with Gasteiger partial charge in [0.25, 0.3) is 0 Å². The van der Waals surface area contributed by atoms with E-state index in [0.29, 0.717) is 22.9 Å². The van der Waals surface area contributed by atoms with Gasteiger partial charge in [0.2, 0.25) is 5.91 Å². The average Bonchev–Trinajstić information content (AvgIpc) is 2.45. The number of methoxy groups -OCH3 is 1. The number of hydrogen-bond acceptors (Lipinski definition) is 4. The Morgan fingerprint density at radius 2 is 2.05 bits per heavy atom. The Balaban J connectivity index is 2.74. The first-order valence-electron chi connectivity index (χ1n) is 6.31. The molecule has 1 amide bonds. The van der Waals surface area contributed by atoms with Gasteiger partial charge in [-0.25, -0.2) is 0 Å². The predicted octanol–water partition coefficient (Wildman–Crippen LogP) is 1.60. The van der Waals surface area contributed by atoms with Crippen molar-refractivity contribution in [3.8, 4) is 5.75 Å². The molecule has 0 radical (unpaired) electrons. The first kappa shape index (κ1) is 16.5. The summed E-state index contributed by atoms with van der Waals surface area (Å²) in [6.07, 6.45) is 0. The summed E-state index contributed by atoms with van der Waals surface area (Å²) >= 11 is 6.00. The molecule has 0 fully saturated rings. The Morgan fingerprint density at radius 1 is 1.35 bits per heavy atom. The summed E-state index contributed by atoms with van der Waals surface area (Å²) < 4.78 is 5.04. The minimum absolute atomic E-state index is 0.0830. The fraction of sp³-hybridized carbons (Fsp3) is 0.429. The molecule has 0 saturated carbocycles. The van der Waals surface area contributed by atoms with Crippen molar-refractivity contribution < 1.29 is 14.3 Å². The Hall–Kier alpha value is -1.59. The molecule has 1 rings (SSSR count). The predicted molar refractivity (Wildman–Crippen MR) is 78.5 cm³/mol. The zero-order chi connectivity index (χ0) is 15.1. The van der Waals surface area contributed by atoms with Crippen LogP contribution in [-0.2, 0) is 4.79 Å². The fourth-order valence-corrected chi connectivity index (χ4v) is 1.95. The molecule has 110 valence electrons. The SMILES string of the molecule is CCN(CC(=O)NC)CC(=O)c1ccc(OC)c(Cl)c1. The molecule has 1 aromatic rings. The number of nitrogens with one attached hydrogen (secondary N) is 1. The van der Waals surface area contributed by atoms with Crippen molar-refractivity contribution in [3.63, 3.8) is 0 Å². The largest absolute Gasteiger partial charge is 0.495 e. The van der Waals surface area contributed by atoms with Crippen LogP contribution in [0.1, 0.15) is 17.3 Å². The molecule has 0 aliphatic carbocycles. The number of carbonyl (C=O) groups is 2. The first-order chi connectivity index (χ1) is 9.51. The van der Waals surface area contributed by atoms with E-state index in [2.05, 4.69) is 5.32 Å². The molecular formula is C14H19ClN2O3. The lowest BCUT2D eigenvalue weighted by Gasteiger charge is -2.18. The normalized spacial score (nSPS) is 10.4. The number of rotatable bonds is 7. The maximum Gasteiger partial charge on any atom is 0.233 e. The Bertz CT molecular complexity index is 491. The van der Waals surface area contributed by atoms with Gasteiger partial charge in [-0.1, -0.05) is 18.5 Å². The molecule has 1 N–H and O–H groups in total. The molecule has 5 nitrogen and oxygen atoms in total. The number of benzene rings is 1. The highest BCUT2D eigenvalue weighted by Gasteiger charge is 2.15. The third-order valence-corrected chi connectivity index (χ3v) is 3.23. The second kappa shape index (κ2) is 7.87. The number of amides is 1. The number of likely N-dealkylation sites (N-methyl/N-ethyl adjacent to an activating group) is 2. The highest BCUT2D eigenvalue weighted by atomic mass is 35.5. The number of nitrogens with zero attached hydrogens (tertiary/aromatic N) is 1. The van der Waals surface area contributed by atoms with Crippen LogP contribution in [0.5, 0.6) is 5.75 Å². The van der Waals surface area contributed by atoms with Crippen LogP contribution in [0.15, 0.2) is 18.2 Å². The van der Waals surface area contributed by atoms with Gasteiger partial charge < -0.3 is 10.1 Å². The third kappa shape index (κ3) is 4.51. The van der Waals surface area contributed by atoms with Crippen molar-refractivity contribution in [2.45, 2.75) is 6.92 Å². The number of Topliss-reactive ketones (excluding diaryl/α,β-unsaturated/α-hetero) is 1. The van der Waals surface area contributed by atoms with Crippen molar-refractivity contribution in [1.82, 2.24) is 10.2 Å². The second-order valence-corrected chi connectivity index (χ2v) is 4.66. The lowest BCUT2D eigenvalue weighted by molar-refractivity contribution is -0.121. The van der Waals surface area contributed by atoms with E-state index in [-0.39, 0.29) is 24.8 Å². The lowest BCUT2D eigenvalue weighted by atomic mass is 10.1. The Labute approximate surface area is 123 Å². The van der Waals surface area contributed by atoms with Crippen LogP contribution < -0.4 is 10.1 Å². The molecule has 0 aromatic heterocycles. The minimum Gasteiger partial charge on any atom is -0.495 e. The topological polar surface area (TPSA) is 58.6 Å². The summed E-state index contributed by atoms with van der Waals surface area (Å²) in [6.45, 7) is 2.88. The minimum atomic E-state index is -0.118. The third-order valence-electron chi connectivity index (χ3n) is 2.93. The molecule has 0 aliphatic rings. The number of carbonyl (C=O) groups excluding carboxylic acids is 2. The van der Waals surface area contributed by atoms with Crippen LogP contribution in [0.3, 0.4) is 0 Å². The summed E-state index contributed by atoms with van der Waals surface area (Å²) in [4.78, 5) is 25.3. The van der Waals surface area contributed by atoms with Crippen LogP contribution in [0, 0.1) is 0 Å². The summed E-state index contributed by atoms with van der Waals surface area (Å²) in [7, 11) is 3.09. The second-order valence-electron chi connectivity index (χ2n) is 4.25. The van der Waals surface area contributed by atoms with E-state index in [4.69, 9.17) is 16.3 Å². The average molecular weight is 299 g/mol. The molecule has 6 heteroatoms. The summed E-state index contributed by atoms with van der Waals surface area (Å²) in [5.74, 6) is 0.327. The van der Waals surface area contributed by atoms with Crippen molar-refractivity contribution in [3.05, 3.63) is 28.8 Å². The lowest BCUT2D eigenvalue weighted by Crippen LogP contribution is -2.38. The van der Waals surface area contributed by atoms with Gasteiger partial charge in [0.15, 0.2) is 5.78 Å². The van der Waals surface area contributed by atoms with Crippen LogP contribution >= 0.6 is 11.6 Å². The van der Waals surface area contributed by atoms with Crippen LogP contribution in [0.25, 0.3) is 0 Å². The maximum absolute atomic E-state index is 12.2. The van der Waals surface area contributed by atoms with E-state index < -0.39 is 0 Å². The molecule has 0 unspecified atom stereocenters. The highest BCUT2D eigenvalue weighted by molar-refractivity contribution is 6.32. The molecule has 0 heterocycles. The van der Waals surface area contributed by atoms with Gasteiger partial charge in [-0.05, 0) is 24.7 Å². The van der Waals surface area contributed by atoms with Crippen LogP contribution in [0.2, 0.25) is 5.02 Å². The Morgan fingerprint density at radius 3 is 2.55 bits per heavy atom. The molecular weight excluding hydrogens is 280 g/mol. The van der Waals surface area contributed by atoms with E-state index in [1.54, 1.807) is 30.1 Å². The van der Waals surface area contributed by atoms with E-state index >= 15 is 0 Å². The number of ether oxygens (including phenoxy) is 1. The van der Waals surface area contributed by atoms with Gasteiger partial charge in [-0.3, -0.25) is 14.5 Å². The van der Waals surface area contributed by atoms with Crippen molar-refractivity contribution in [2.75, 3.05) is 33.8 Å². The standard InChI is InChI=1S/C14H19ClN2O3/c1-4-17(9-14(19)16-2)8-12(18)10-5-6-13(20-3)11(15)7-10/h5-7H,4,8-9H2,1-3H3,(H,16,19). The number of hydrogen-bond donors (Lipinski definition) is 1. The Kier molecular flexibility index (Phi) is 6.48. The zero-order valence-corrected chi connectivity index (χ0v) is 12.7. The smallest absolute Gasteiger partial charge is 0.233 e. The van der Waals surface area contributed by atoms with Crippen LogP contribution in [-0.4, -0.2) is 50.4 Å². The molecule has 1 aromatic carbocycles. The zero-order valence-electron chi connectivity index (χ0n) is 11.9. The van der Waals surface area contributed by atoms with Gasteiger partial charge in [0.1, 0.15) is 5.75 Å². The highest BCUT2D eigenvalue weighted by Crippen LogP contribution is 2.25. The van der Waals surface area contributed by atoms with Gasteiger partial charge in [-0.15, -0.1) is 0 Å². The van der Waals surface area contributed by atoms with Crippen molar-refractivity contribution in [1.29, 1.82) is 0 Å². The number of ketones is 1. The molecule has 0 atom stereocenters. The van der Waals surface area contributed by atoms with Crippen molar-refractivity contribution >= 4 is 23.3 Å². The first-order valence-corrected chi connectivity index (χ1v) is 6.69. The monoisotopic (exact) mass is 298 g/mol. The summed E-state index contributed by atoms with van der Waals surface area (Å²) in [5.41, 5.74) is 0.506.